The van der Waals surface area contributed by atoms with Gasteiger partial charge >= 0.3 is 0 Å². The summed E-state index contributed by atoms with van der Waals surface area (Å²) in [7, 11) is 0. The predicted molar refractivity (Wildman–Crippen MR) is 149 cm³/mol. The van der Waals surface area contributed by atoms with Crippen LogP contribution in [-0.2, 0) is 0 Å². The van der Waals surface area contributed by atoms with Gasteiger partial charge in [0.1, 0.15) is 6.33 Å². The van der Waals surface area contributed by atoms with Crippen molar-refractivity contribution in [1.82, 2.24) is 9.97 Å². The highest BCUT2D eigenvalue weighted by Crippen LogP contribution is 2.33. The Morgan fingerprint density at radius 3 is 1.22 bits per heavy atom. The number of nitrogens with zero attached hydrogens (tertiary/aromatic N) is 2. The average Bonchev–Trinajstić information content (AvgIpc) is 2.98. The molecule has 2 nitrogen and oxygen atoms in total. The molecule has 170 valence electrons. The van der Waals surface area contributed by atoms with E-state index in [1.165, 1.54) is 22.3 Å². The number of aromatic nitrogens is 2. The van der Waals surface area contributed by atoms with Crippen molar-refractivity contribution in [3.63, 3.8) is 0 Å². The molecule has 5 aromatic carbocycles. The van der Waals surface area contributed by atoms with E-state index in [0.717, 1.165) is 33.6 Å². The molecule has 0 atom stereocenters. The van der Waals surface area contributed by atoms with E-state index in [1.807, 2.05) is 18.2 Å². The molecule has 1 heterocycles. The quantitative estimate of drug-likeness (QED) is 0.257. The lowest BCUT2D eigenvalue weighted by Crippen LogP contribution is -1.92. The van der Waals surface area contributed by atoms with Crippen LogP contribution in [-0.4, -0.2) is 9.97 Å². The van der Waals surface area contributed by atoms with Crippen molar-refractivity contribution in [2.24, 2.45) is 0 Å². The summed E-state index contributed by atoms with van der Waals surface area (Å²) >= 11 is 0. The minimum atomic E-state index is 0.903. The molecule has 36 heavy (non-hydrogen) atoms. The van der Waals surface area contributed by atoms with Crippen molar-refractivity contribution in [2.75, 3.05) is 0 Å². The van der Waals surface area contributed by atoms with Crippen LogP contribution in [0, 0.1) is 0 Å². The normalized spacial score (nSPS) is 10.8. The second kappa shape index (κ2) is 9.81. The van der Waals surface area contributed by atoms with Crippen LogP contribution in [0.25, 0.3) is 55.9 Å². The van der Waals surface area contributed by atoms with Gasteiger partial charge in [0.05, 0.1) is 11.4 Å². The maximum Gasteiger partial charge on any atom is 0.116 e. The molecule has 0 radical (unpaired) electrons. The Morgan fingerprint density at radius 2 is 0.667 bits per heavy atom. The molecule has 6 rings (SSSR count). The van der Waals surface area contributed by atoms with E-state index in [-0.39, 0.29) is 0 Å². The maximum absolute atomic E-state index is 4.67. The Morgan fingerprint density at radius 1 is 0.278 bits per heavy atom. The van der Waals surface area contributed by atoms with Crippen molar-refractivity contribution in [3.05, 3.63) is 146 Å². The van der Waals surface area contributed by atoms with Crippen LogP contribution in [0.2, 0.25) is 0 Å². The topological polar surface area (TPSA) is 25.8 Å². The lowest BCUT2D eigenvalue weighted by Gasteiger charge is -2.12. The molecular formula is C34H24N2. The zero-order valence-corrected chi connectivity index (χ0v) is 19.8. The van der Waals surface area contributed by atoms with Crippen molar-refractivity contribution in [1.29, 1.82) is 0 Å². The molecule has 0 aliphatic heterocycles. The van der Waals surface area contributed by atoms with Gasteiger partial charge in [-0.05, 0) is 63.7 Å². The van der Waals surface area contributed by atoms with Crippen LogP contribution in [0.4, 0.5) is 0 Å². The first kappa shape index (κ1) is 21.7. The Labute approximate surface area is 211 Å². The van der Waals surface area contributed by atoms with E-state index in [0.29, 0.717) is 0 Å². The number of rotatable bonds is 5. The molecule has 0 amide bonds. The maximum atomic E-state index is 4.67. The third kappa shape index (κ3) is 4.57. The molecule has 0 aliphatic rings. The lowest BCUT2D eigenvalue weighted by atomic mass is 9.94. The minimum Gasteiger partial charge on any atom is -0.236 e. The van der Waals surface area contributed by atoms with Crippen LogP contribution in [0.15, 0.2) is 146 Å². The zero-order valence-electron chi connectivity index (χ0n) is 19.8. The van der Waals surface area contributed by atoms with E-state index in [9.17, 15) is 0 Å². The summed E-state index contributed by atoms with van der Waals surface area (Å²) in [6.45, 7) is 0. The SMILES string of the molecule is c1ccc(-c2cccc(-c3cc(-c4cc(-c5ccccc5)cc(-c5ccccc5)c4)ncn3)c2)cc1. The molecule has 0 spiro atoms. The van der Waals surface area contributed by atoms with Gasteiger partial charge < -0.3 is 0 Å². The van der Waals surface area contributed by atoms with Crippen molar-refractivity contribution < 1.29 is 0 Å². The van der Waals surface area contributed by atoms with Crippen LogP contribution < -0.4 is 0 Å². The fourth-order valence-electron chi connectivity index (χ4n) is 4.53. The lowest BCUT2D eigenvalue weighted by molar-refractivity contribution is 1.18. The predicted octanol–water partition coefficient (Wildman–Crippen LogP) is 8.81. The first-order chi connectivity index (χ1) is 17.8. The standard InChI is InChI=1S/C34H24N2/c1-4-11-25(12-5-1)28-17-10-18-29(19-28)33-23-34(36-24-35-33)32-21-30(26-13-6-2-7-14-26)20-31(22-32)27-15-8-3-9-16-27/h1-24H. The zero-order chi connectivity index (χ0) is 24.2. The Kier molecular flexibility index (Phi) is 5.91. The number of benzene rings is 5. The van der Waals surface area contributed by atoms with Gasteiger partial charge in [-0.2, -0.15) is 0 Å². The summed E-state index contributed by atoms with van der Waals surface area (Å²) in [5.41, 5.74) is 11.0. The Hall–Kier alpha value is -4.82. The van der Waals surface area contributed by atoms with Crippen LogP contribution in [0.5, 0.6) is 0 Å². The molecule has 0 fully saturated rings. The molecular weight excluding hydrogens is 436 g/mol. The Bertz CT molecular complexity index is 1550. The first-order valence-corrected chi connectivity index (χ1v) is 12.1. The monoisotopic (exact) mass is 460 g/mol. The average molecular weight is 461 g/mol. The Balaban J connectivity index is 1.45. The van der Waals surface area contributed by atoms with E-state index in [2.05, 4.69) is 131 Å². The highest BCUT2D eigenvalue weighted by atomic mass is 14.8. The first-order valence-electron chi connectivity index (χ1n) is 12.1. The van der Waals surface area contributed by atoms with E-state index >= 15 is 0 Å². The molecule has 0 bridgehead atoms. The molecule has 0 aliphatic carbocycles. The highest BCUT2D eigenvalue weighted by molar-refractivity contribution is 5.81. The highest BCUT2D eigenvalue weighted by Gasteiger charge is 2.10. The molecule has 0 N–H and O–H groups in total. The summed E-state index contributed by atoms with van der Waals surface area (Å²) < 4.78 is 0. The van der Waals surface area contributed by atoms with Gasteiger partial charge in [-0.1, -0.05) is 109 Å². The molecule has 0 saturated heterocycles. The summed E-state index contributed by atoms with van der Waals surface area (Å²) in [6.07, 6.45) is 1.66. The van der Waals surface area contributed by atoms with Gasteiger partial charge in [0.2, 0.25) is 0 Å². The molecule has 0 unspecified atom stereocenters. The van der Waals surface area contributed by atoms with Gasteiger partial charge in [0.15, 0.2) is 0 Å². The minimum absolute atomic E-state index is 0.903. The third-order valence-electron chi connectivity index (χ3n) is 6.38. The van der Waals surface area contributed by atoms with Crippen LogP contribution in [0.3, 0.4) is 0 Å². The largest absolute Gasteiger partial charge is 0.236 e. The number of hydrogen-bond donors (Lipinski definition) is 0. The molecule has 0 saturated carbocycles. The molecule has 1 aromatic heterocycles. The summed E-state index contributed by atoms with van der Waals surface area (Å²) in [6, 6.07) is 48.7. The van der Waals surface area contributed by atoms with Gasteiger partial charge in [-0.15, -0.1) is 0 Å². The fraction of sp³-hybridized carbons (Fsp3) is 0. The second-order valence-corrected chi connectivity index (χ2v) is 8.77. The van der Waals surface area contributed by atoms with E-state index < -0.39 is 0 Å². The van der Waals surface area contributed by atoms with E-state index in [1.54, 1.807) is 6.33 Å². The second-order valence-electron chi connectivity index (χ2n) is 8.77. The van der Waals surface area contributed by atoms with Crippen LogP contribution >= 0.6 is 0 Å². The van der Waals surface area contributed by atoms with Crippen LogP contribution in [0.1, 0.15) is 0 Å². The molecule has 6 aromatic rings. The summed E-state index contributed by atoms with van der Waals surface area (Å²) in [5.74, 6) is 0. The smallest absolute Gasteiger partial charge is 0.116 e. The van der Waals surface area contributed by atoms with Gasteiger partial charge in [0.25, 0.3) is 0 Å². The summed E-state index contributed by atoms with van der Waals surface area (Å²) in [4.78, 5) is 9.29. The van der Waals surface area contributed by atoms with E-state index in [4.69, 9.17) is 0 Å². The third-order valence-corrected chi connectivity index (χ3v) is 6.38. The van der Waals surface area contributed by atoms with Gasteiger partial charge in [0, 0.05) is 11.1 Å². The summed E-state index contributed by atoms with van der Waals surface area (Å²) in [5, 5.41) is 0. The van der Waals surface area contributed by atoms with Crippen molar-refractivity contribution in [2.45, 2.75) is 0 Å². The van der Waals surface area contributed by atoms with Crippen molar-refractivity contribution >= 4 is 0 Å². The van der Waals surface area contributed by atoms with Gasteiger partial charge in [-0.3, -0.25) is 0 Å². The van der Waals surface area contributed by atoms with Gasteiger partial charge in [-0.25, -0.2) is 9.97 Å². The fourth-order valence-corrected chi connectivity index (χ4v) is 4.53. The van der Waals surface area contributed by atoms with Crippen molar-refractivity contribution in [3.8, 4) is 55.9 Å². The molecule has 2 heteroatoms. The number of hydrogen-bond acceptors (Lipinski definition) is 2.